The van der Waals surface area contributed by atoms with E-state index in [0.29, 0.717) is 31.1 Å². The molecule has 132 valence electrons. The Bertz CT molecular complexity index is 856. The molecule has 3 aromatic rings. The number of fused-ring (bicyclic) bond motifs is 1. The summed E-state index contributed by atoms with van der Waals surface area (Å²) in [6.45, 7) is 0.868. The summed E-state index contributed by atoms with van der Waals surface area (Å²) in [5, 5.41) is 10.8. The number of hydrogen-bond donors (Lipinski definition) is 1. The van der Waals surface area contributed by atoms with Gasteiger partial charge >= 0.3 is 0 Å². The molecule has 0 bridgehead atoms. The Morgan fingerprint density at radius 1 is 1.12 bits per heavy atom. The third-order valence-corrected chi connectivity index (χ3v) is 4.53. The van der Waals surface area contributed by atoms with Gasteiger partial charge in [-0.2, -0.15) is 0 Å². The SMILES string of the molecule is O[C@H]1c2cc(OCc3ccccn3)ccc2OC[C@H]1Cc1cccnc1. The largest absolute Gasteiger partial charge is 0.493 e. The summed E-state index contributed by atoms with van der Waals surface area (Å²) in [6.07, 6.45) is 5.43. The molecule has 5 nitrogen and oxygen atoms in total. The summed E-state index contributed by atoms with van der Waals surface area (Å²) in [7, 11) is 0. The van der Waals surface area contributed by atoms with Crippen LogP contribution in [0.1, 0.15) is 22.9 Å². The van der Waals surface area contributed by atoms with Crippen molar-refractivity contribution in [2.75, 3.05) is 6.61 Å². The van der Waals surface area contributed by atoms with Crippen LogP contribution in [0, 0.1) is 5.92 Å². The number of nitrogens with zero attached hydrogens (tertiary/aromatic N) is 2. The second kappa shape index (κ2) is 7.54. The fraction of sp³-hybridized carbons (Fsp3) is 0.238. The van der Waals surface area contributed by atoms with E-state index in [0.717, 1.165) is 16.8 Å². The number of rotatable bonds is 5. The van der Waals surface area contributed by atoms with Gasteiger partial charge in [0.2, 0.25) is 0 Å². The van der Waals surface area contributed by atoms with E-state index in [2.05, 4.69) is 9.97 Å². The smallest absolute Gasteiger partial charge is 0.130 e. The summed E-state index contributed by atoms with van der Waals surface area (Å²) >= 11 is 0. The molecular weight excluding hydrogens is 328 g/mol. The highest BCUT2D eigenvalue weighted by Gasteiger charge is 2.30. The molecule has 2 atom stereocenters. The van der Waals surface area contributed by atoms with E-state index in [4.69, 9.17) is 9.47 Å². The molecular formula is C21H20N2O3. The number of ether oxygens (including phenoxy) is 2. The van der Waals surface area contributed by atoms with Crippen LogP contribution in [0.5, 0.6) is 11.5 Å². The molecule has 1 aliphatic rings. The molecule has 0 spiro atoms. The lowest BCUT2D eigenvalue weighted by molar-refractivity contribution is 0.0504. The third kappa shape index (κ3) is 3.68. The van der Waals surface area contributed by atoms with Crippen molar-refractivity contribution in [1.82, 2.24) is 9.97 Å². The summed E-state index contributed by atoms with van der Waals surface area (Å²) in [5.74, 6) is 1.39. The monoisotopic (exact) mass is 348 g/mol. The van der Waals surface area contributed by atoms with E-state index in [1.165, 1.54) is 0 Å². The Labute approximate surface area is 152 Å². The van der Waals surface area contributed by atoms with Crippen molar-refractivity contribution in [3.05, 3.63) is 83.9 Å². The molecule has 0 saturated carbocycles. The van der Waals surface area contributed by atoms with Crippen LogP contribution in [0.3, 0.4) is 0 Å². The van der Waals surface area contributed by atoms with Gasteiger partial charge in [-0.1, -0.05) is 12.1 Å². The maximum Gasteiger partial charge on any atom is 0.130 e. The van der Waals surface area contributed by atoms with Crippen molar-refractivity contribution < 1.29 is 14.6 Å². The minimum absolute atomic E-state index is 0.0160. The van der Waals surface area contributed by atoms with E-state index in [9.17, 15) is 5.11 Å². The maximum atomic E-state index is 10.8. The van der Waals surface area contributed by atoms with Crippen molar-refractivity contribution in [3.63, 3.8) is 0 Å². The van der Waals surface area contributed by atoms with Gasteiger partial charge in [-0.25, -0.2) is 0 Å². The van der Waals surface area contributed by atoms with Gasteiger partial charge in [0.1, 0.15) is 18.1 Å². The Balaban J connectivity index is 1.48. The summed E-state index contributed by atoms with van der Waals surface area (Å²) in [4.78, 5) is 8.39. The van der Waals surface area contributed by atoms with Crippen LogP contribution in [0.15, 0.2) is 67.1 Å². The molecule has 5 heteroatoms. The lowest BCUT2D eigenvalue weighted by Gasteiger charge is -2.30. The number of pyridine rings is 2. The molecule has 1 aromatic carbocycles. The van der Waals surface area contributed by atoms with Crippen LogP contribution in [0.4, 0.5) is 0 Å². The van der Waals surface area contributed by atoms with Crippen LogP contribution in [-0.2, 0) is 13.0 Å². The number of hydrogen-bond acceptors (Lipinski definition) is 5. The number of aliphatic hydroxyl groups is 1. The first-order chi connectivity index (χ1) is 12.8. The third-order valence-electron chi connectivity index (χ3n) is 4.53. The first kappa shape index (κ1) is 16.5. The molecule has 26 heavy (non-hydrogen) atoms. The van der Waals surface area contributed by atoms with Crippen molar-refractivity contribution in [2.24, 2.45) is 5.92 Å². The summed E-state index contributed by atoms with van der Waals surface area (Å²) in [5.41, 5.74) is 2.71. The number of aliphatic hydroxyl groups excluding tert-OH is 1. The molecule has 0 saturated heterocycles. The van der Waals surface area contributed by atoms with E-state index in [1.807, 2.05) is 54.7 Å². The predicted molar refractivity (Wildman–Crippen MR) is 96.9 cm³/mol. The Kier molecular flexibility index (Phi) is 4.80. The van der Waals surface area contributed by atoms with Crippen molar-refractivity contribution in [3.8, 4) is 11.5 Å². The highest BCUT2D eigenvalue weighted by Crippen LogP contribution is 2.38. The second-order valence-corrected chi connectivity index (χ2v) is 6.39. The fourth-order valence-electron chi connectivity index (χ4n) is 3.15. The molecule has 2 aromatic heterocycles. The van der Waals surface area contributed by atoms with Crippen molar-refractivity contribution >= 4 is 0 Å². The quantitative estimate of drug-likeness (QED) is 0.766. The zero-order valence-electron chi connectivity index (χ0n) is 14.3. The Morgan fingerprint density at radius 2 is 2.08 bits per heavy atom. The van der Waals surface area contributed by atoms with Gasteiger partial charge in [0.25, 0.3) is 0 Å². The highest BCUT2D eigenvalue weighted by molar-refractivity contribution is 5.43. The zero-order chi connectivity index (χ0) is 17.8. The van der Waals surface area contributed by atoms with E-state index in [-0.39, 0.29) is 5.92 Å². The molecule has 4 rings (SSSR count). The normalized spacial score (nSPS) is 18.7. The molecule has 3 heterocycles. The van der Waals surface area contributed by atoms with Crippen LogP contribution < -0.4 is 9.47 Å². The standard InChI is InChI=1S/C21H20N2O3/c24-21-16(10-15-4-3-8-22-12-15)13-26-20-7-6-18(11-19(20)21)25-14-17-5-1-2-9-23-17/h1-9,11-12,16,21,24H,10,13-14H2/t16-,21-/m1/s1. The molecule has 0 amide bonds. The second-order valence-electron chi connectivity index (χ2n) is 6.39. The Morgan fingerprint density at radius 3 is 2.88 bits per heavy atom. The highest BCUT2D eigenvalue weighted by atomic mass is 16.5. The minimum atomic E-state index is -0.600. The van der Waals surface area contributed by atoms with Crippen LogP contribution >= 0.6 is 0 Å². The van der Waals surface area contributed by atoms with Crippen LogP contribution in [-0.4, -0.2) is 21.7 Å². The van der Waals surface area contributed by atoms with Gasteiger partial charge in [0.05, 0.1) is 18.4 Å². The first-order valence-electron chi connectivity index (χ1n) is 8.66. The molecule has 0 aliphatic carbocycles. The zero-order valence-corrected chi connectivity index (χ0v) is 14.3. The first-order valence-corrected chi connectivity index (χ1v) is 8.66. The fourth-order valence-corrected chi connectivity index (χ4v) is 3.15. The Hall–Kier alpha value is -2.92. The maximum absolute atomic E-state index is 10.8. The van der Waals surface area contributed by atoms with Crippen LogP contribution in [0.25, 0.3) is 0 Å². The van der Waals surface area contributed by atoms with Gasteiger partial charge < -0.3 is 14.6 Å². The molecule has 1 N–H and O–H groups in total. The minimum Gasteiger partial charge on any atom is -0.493 e. The lowest BCUT2D eigenvalue weighted by Crippen LogP contribution is -2.27. The molecule has 0 radical (unpaired) electrons. The van der Waals surface area contributed by atoms with Gasteiger partial charge in [-0.05, 0) is 48.4 Å². The van der Waals surface area contributed by atoms with Gasteiger partial charge in [-0.15, -0.1) is 0 Å². The van der Waals surface area contributed by atoms with Crippen molar-refractivity contribution in [2.45, 2.75) is 19.1 Å². The average molecular weight is 348 g/mol. The molecule has 0 fully saturated rings. The lowest BCUT2D eigenvalue weighted by atomic mass is 9.88. The predicted octanol–water partition coefficient (Wildman–Crippen LogP) is 3.34. The van der Waals surface area contributed by atoms with E-state index < -0.39 is 6.10 Å². The molecule has 0 unspecified atom stereocenters. The topological polar surface area (TPSA) is 64.5 Å². The summed E-state index contributed by atoms with van der Waals surface area (Å²) in [6, 6.07) is 15.2. The summed E-state index contributed by atoms with van der Waals surface area (Å²) < 4.78 is 11.7. The van der Waals surface area contributed by atoms with E-state index >= 15 is 0 Å². The van der Waals surface area contributed by atoms with Gasteiger partial charge in [0.15, 0.2) is 0 Å². The number of benzene rings is 1. The van der Waals surface area contributed by atoms with Crippen molar-refractivity contribution in [1.29, 1.82) is 0 Å². The number of aromatic nitrogens is 2. The van der Waals surface area contributed by atoms with Gasteiger partial charge in [0, 0.05) is 30.1 Å². The average Bonchev–Trinajstić information content (AvgIpc) is 2.70. The van der Waals surface area contributed by atoms with Gasteiger partial charge in [-0.3, -0.25) is 9.97 Å². The molecule has 1 aliphatic heterocycles. The van der Waals surface area contributed by atoms with Crippen LogP contribution in [0.2, 0.25) is 0 Å². The van der Waals surface area contributed by atoms with E-state index in [1.54, 1.807) is 12.4 Å².